The van der Waals surface area contributed by atoms with Gasteiger partial charge in [0.1, 0.15) is 0 Å². The van der Waals surface area contributed by atoms with Crippen molar-refractivity contribution in [3.8, 4) is 17.0 Å². The number of methoxy groups -OCH3 is 1. The molecular weight excluding hydrogens is 237 g/mol. The smallest absolute Gasteiger partial charge is 0.165 e. The Balaban J connectivity index is 1.93. The molecule has 1 aliphatic carbocycles. The van der Waals surface area contributed by atoms with Gasteiger partial charge in [-0.1, -0.05) is 0 Å². The highest BCUT2D eigenvalue weighted by Crippen LogP contribution is 2.42. The molecule has 1 aliphatic rings. The van der Waals surface area contributed by atoms with E-state index in [1.54, 1.807) is 17.4 Å². The Hall–Kier alpha value is -1.42. The van der Waals surface area contributed by atoms with Gasteiger partial charge in [0.2, 0.25) is 0 Å². The summed E-state index contributed by atoms with van der Waals surface area (Å²) in [5.74, 6) is 0.578. The Labute approximate surface area is 103 Å². The molecule has 2 aromatic rings. The highest BCUT2D eigenvalue weighted by molar-refractivity contribution is 7.10. The van der Waals surface area contributed by atoms with Crippen molar-refractivity contribution in [2.24, 2.45) is 0 Å². The van der Waals surface area contributed by atoms with Crippen molar-refractivity contribution < 1.29 is 9.13 Å². The van der Waals surface area contributed by atoms with Crippen LogP contribution < -0.4 is 4.74 Å². The Kier molecular flexibility index (Phi) is 2.59. The van der Waals surface area contributed by atoms with Crippen LogP contribution in [-0.4, -0.2) is 12.1 Å². The van der Waals surface area contributed by atoms with Gasteiger partial charge in [-0.3, -0.25) is 0 Å². The number of halogens is 1. The zero-order valence-corrected chi connectivity index (χ0v) is 10.3. The highest BCUT2D eigenvalue weighted by Gasteiger charge is 2.26. The summed E-state index contributed by atoms with van der Waals surface area (Å²) in [5, 5.41) is 3.17. The van der Waals surface area contributed by atoms with Crippen molar-refractivity contribution >= 4 is 11.3 Å². The van der Waals surface area contributed by atoms with Gasteiger partial charge in [0.15, 0.2) is 11.6 Å². The molecule has 88 valence electrons. The first kappa shape index (κ1) is 10.7. The van der Waals surface area contributed by atoms with Crippen molar-refractivity contribution in [3.63, 3.8) is 0 Å². The van der Waals surface area contributed by atoms with Crippen LogP contribution in [0.25, 0.3) is 11.3 Å². The van der Waals surface area contributed by atoms with Crippen LogP contribution >= 0.6 is 11.3 Å². The Morgan fingerprint density at radius 1 is 1.41 bits per heavy atom. The monoisotopic (exact) mass is 249 g/mol. The molecule has 1 aromatic carbocycles. The predicted octanol–water partition coefficient (Wildman–Crippen LogP) is 3.84. The first-order valence-corrected chi connectivity index (χ1v) is 6.45. The maximum absolute atomic E-state index is 13.6. The zero-order chi connectivity index (χ0) is 11.8. The summed E-state index contributed by atoms with van der Waals surface area (Å²) in [6, 6.07) is 4.96. The number of benzene rings is 1. The largest absolute Gasteiger partial charge is 0.494 e. The van der Waals surface area contributed by atoms with E-state index in [4.69, 9.17) is 4.74 Å². The number of rotatable bonds is 3. The molecule has 1 fully saturated rings. The topological polar surface area (TPSA) is 22.1 Å². The van der Waals surface area contributed by atoms with Crippen LogP contribution in [0.2, 0.25) is 0 Å². The molecule has 1 aromatic heterocycles. The van der Waals surface area contributed by atoms with E-state index in [0.29, 0.717) is 5.92 Å². The van der Waals surface area contributed by atoms with E-state index >= 15 is 0 Å². The zero-order valence-electron chi connectivity index (χ0n) is 9.44. The summed E-state index contributed by atoms with van der Waals surface area (Å²) in [4.78, 5) is 4.55. The summed E-state index contributed by atoms with van der Waals surface area (Å²) in [6.07, 6.45) is 2.48. The van der Waals surface area contributed by atoms with E-state index in [-0.39, 0.29) is 11.6 Å². The third-order valence-electron chi connectivity index (χ3n) is 2.90. The molecule has 0 N–H and O–H groups in total. The molecule has 2 nitrogen and oxygen atoms in total. The van der Waals surface area contributed by atoms with E-state index in [9.17, 15) is 4.39 Å². The molecule has 3 rings (SSSR count). The summed E-state index contributed by atoms with van der Waals surface area (Å²) in [6.45, 7) is 0. The SMILES string of the molecule is COc1ccc(-c2csc(C3CC3)n2)cc1F. The molecular formula is C13H12FNOS. The lowest BCUT2D eigenvalue weighted by atomic mass is 10.1. The van der Waals surface area contributed by atoms with Crippen molar-refractivity contribution in [2.75, 3.05) is 7.11 Å². The Morgan fingerprint density at radius 2 is 2.24 bits per heavy atom. The van der Waals surface area contributed by atoms with Gasteiger partial charge >= 0.3 is 0 Å². The number of nitrogens with zero attached hydrogens (tertiary/aromatic N) is 1. The van der Waals surface area contributed by atoms with Gasteiger partial charge in [0.25, 0.3) is 0 Å². The number of thiazole rings is 1. The van der Waals surface area contributed by atoms with Gasteiger partial charge in [-0.2, -0.15) is 0 Å². The fourth-order valence-corrected chi connectivity index (χ4v) is 2.76. The fourth-order valence-electron chi connectivity index (χ4n) is 1.76. The number of hydrogen-bond acceptors (Lipinski definition) is 3. The van der Waals surface area contributed by atoms with Crippen LogP contribution in [0, 0.1) is 5.82 Å². The second-order valence-electron chi connectivity index (χ2n) is 4.19. The van der Waals surface area contributed by atoms with Crippen LogP contribution in [0.3, 0.4) is 0 Å². The summed E-state index contributed by atoms with van der Waals surface area (Å²) < 4.78 is 18.5. The lowest BCUT2D eigenvalue weighted by Crippen LogP contribution is -1.88. The maximum atomic E-state index is 13.6. The van der Waals surface area contributed by atoms with E-state index < -0.39 is 0 Å². The minimum Gasteiger partial charge on any atom is -0.494 e. The van der Waals surface area contributed by atoms with Gasteiger partial charge in [0.05, 0.1) is 17.8 Å². The van der Waals surface area contributed by atoms with Crippen molar-refractivity contribution in [1.29, 1.82) is 0 Å². The van der Waals surface area contributed by atoms with E-state index in [1.807, 2.05) is 11.4 Å². The second-order valence-corrected chi connectivity index (χ2v) is 5.08. The van der Waals surface area contributed by atoms with Crippen molar-refractivity contribution in [3.05, 3.63) is 34.4 Å². The number of aromatic nitrogens is 1. The quantitative estimate of drug-likeness (QED) is 0.824. The van der Waals surface area contributed by atoms with Crippen LogP contribution in [0.1, 0.15) is 23.8 Å². The average Bonchev–Trinajstić information content (AvgIpc) is 3.07. The first-order valence-electron chi connectivity index (χ1n) is 5.57. The fraction of sp³-hybridized carbons (Fsp3) is 0.308. The van der Waals surface area contributed by atoms with Crippen LogP contribution in [-0.2, 0) is 0 Å². The molecule has 1 heterocycles. The summed E-state index contributed by atoms with van der Waals surface area (Å²) in [5.41, 5.74) is 1.67. The van der Waals surface area contributed by atoms with Crippen LogP contribution in [0.5, 0.6) is 5.75 Å². The first-order chi connectivity index (χ1) is 8.28. The highest BCUT2D eigenvalue weighted by atomic mass is 32.1. The van der Waals surface area contributed by atoms with Gasteiger partial charge in [-0.15, -0.1) is 11.3 Å². The maximum Gasteiger partial charge on any atom is 0.165 e. The molecule has 0 amide bonds. The number of hydrogen-bond donors (Lipinski definition) is 0. The van der Waals surface area contributed by atoms with E-state index in [0.717, 1.165) is 11.3 Å². The van der Waals surface area contributed by atoms with Crippen molar-refractivity contribution in [1.82, 2.24) is 4.98 Å². The summed E-state index contributed by atoms with van der Waals surface area (Å²) in [7, 11) is 1.46. The predicted molar refractivity (Wildman–Crippen MR) is 66.0 cm³/mol. The normalized spacial score (nSPS) is 14.9. The molecule has 0 spiro atoms. The molecule has 0 bridgehead atoms. The molecule has 17 heavy (non-hydrogen) atoms. The van der Waals surface area contributed by atoms with Crippen molar-refractivity contribution in [2.45, 2.75) is 18.8 Å². The van der Waals surface area contributed by atoms with Crippen LogP contribution in [0.15, 0.2) is 23.6 Å². The third kappa shape index (κ3) is 2.05. The molecule has 0 atom stereocenters. The lowest BCUT2D eigenvalue weighted by molar-refractivity contribution is 0.386. The van der Waals surface area contributed by atoms with Gasteiger partial charge in [-0.25, -0.2) is 9.37 Å². The third-order valence-corrected chi connectivity index (χ3v) is 3.90. The van der Waals surface area contributed by atoms with Gasteiger partial charge < -0.3 is 4.74 Å². The molecule has 0 radical (unpaired) electrons. The standard InChI is InChI=1S/C13H12FNOS/c1-16-12-5-4-9(6-10(12)14)11-7-17-13(15-11)8-2-3-8/h4-8H,2-3H2,1H3. The van der Waals surface area contributed by atoms with E-state index in [2.05, 4.69) is 4.98 Å². The average molecular weight is 249 g/mol. The molecule has 0 aliphatic heterocycles. The minimum atomic E-state index is -0.342. The van der Waals surface area contributed by atoms with Gasteiger partial charge in [0, 0.05) is 16.9 Å². The molecule has 0 unspecified atom stereocenters. The molecule has 0 saturated heterocycles. The summed E-state index contributed by atoms with van der Waals surface area (Å²) >= 11 is 1.67. The number of ether oxygens (including phenoxy) is 1. The Morgan fingerprint density at radius 3 is 2.88 bits per heavy atom. The molecule has 4 heteroatoms. The lowest BCUT2D eigenvalue weighted by Gasteiger charge is -2.02. The van der Waals surface area contributed by atoms with E-state index in [1.165, 1.54) is 31.0 Å². The Bertz CT molecular complexity index is 548. The molecule has 1 saturated carbocycles. The van der Waals surface area contributed by atoms with Crippen LogP contribution in [0.4, 0.5) is 4.39 Å². The minimum absolute atomic E-state index is 0.270. The second kappa shape index (κ2) is 4.11. The van der Waals surface area contributed by atoms with Gasteiger partial charge in [-0.05, 0) is 31.0 Å².